The summed E-state index contributed by atoms with van der Waals surface area (Å²) in [6.45, 7) is 1.93. The quantitative estimate of drug-likeness (QED) is 0.699. The molecule has 0 amide bonds. The van der Waals surface area contributed by atoms with E-state index in [-0.39, 0.29) is 0 Å². The molecule has 0 unspecified atom stereocenters. The van der Waals surface area contributed by atoms with E-state index in [4.69, 9.17) is 5.73 Å². The summed E-state index contributed by atoms with van der Waals surface area (Å²) in [6.07, 6.45) is 2.95. The van der Waals surface area contributed by atoms with Crippen LogP contribution in [0.1, 0.15) is 11.3 Å². The van der Waals surface area contributed by atoms with Gasteiger partial charge in [-0.3, -0.25) is 0 Å². The van der Waals surface area contributed by atoms with Gasteiger partial charge in [0.1, 0.15) is 0 Å². The molecule has 0 atom stereocenters. The number of rotatable bonds is 1. The first-order valence-electron chi connectivity index (χ1n) is 5.47. The van der Waals surface area contributed by atoms with Gasteiger partial charge in [0.05, 0.1) is 11.9 Å². The number of aromatic nitrogens is 2. The van der Waals surface area contributed by atoms with Crippen LogP contribution in [0.4, 0.5) is 5.69 Å². The van der Waals surface area contributed by atoms with Gasteiger partial charge in [0.25, 0.3) is 0 Å². The Kier molecular flexibility index (Phi) is 2.15. The van der Waals surface area contributed by atoms with Gasteiger partial charge in [-0.25, -0.2) is 4.68 Å². The summed E-state index contributed by atoms with van der Waals surface area (Å²) in [7, 11) is 0. The molecule has 4 nitrogen and oxygen atoms in total. The lowest BCUT2D eigenvalue weighted by Crippen LogP contribution is -2.24. The molecule has 1 aliphatic heterocycles. The first-order valence-corrected chi connectivity index (χ1v) is 5.47. The highest BCUT2D eigenvalue weighted by Gasteiger charge is 2.15. The predicted octanol–water partition coefficient (Wildman–Crippen LogP) is 1.10. The maximum absolute atomic E-state index is 5.79. The van der Waals surface area contributed by atoms with Gasteiger partial charge in [-0.05, 0) is 18.2 Å². The van der Waals surface area contributed by atoms with E-state index in [1.165, 1.54) is 11.3 Å². The van der Waals surface area contributed by atoms with Crippen molar-refractivity contribution >= 4 is 5.69 Å². The summed E-state index contributed by atoms with van der Waals surface area (Å²) in [6, 6.07) is 7.84. The first kappa shape index (κ1) is 9.42. The van der Waals surface area contributed by atoms with Gasteiger partial charge in [0.15, 0.2) is 0 Å². The van der Waals surface area contributed by atoms with Crippen LogP contribution in [0.5, 0.6) is 0 Å². The Bertz CT molecular complexity index is 515. The van der Waals surface area contributed by atoms with Crippen LogP contribution >= 0.6 is 0 Å². The second kappa shape index (κ2) is 3.64. The first-order chi connectivity index (χ1) is 7.84. The Balaban J connectivity index is 2.09. The molecule has 82 valence electrons. The van der Waals surface area contributed by atoms with Crippen LogP contribution in [0, 0.1) is 0 Å². The lowest BCUT2D eigenvalue weighted by Gasteiger charge is -2.15. The number of fused-ring (bicyclic) bond motifs is 1. The maximum atomic E-state index is 5.79. The third-order valence-electron chi connectivity index (χ3n) is 2.92. The molecule has 0 spiro atoms. The zero-order chi connectivity index (χ0) is 11.0. The van der Waals surface area contributed by atoms with E-state index in [1.807, 2.05) is 35.1 Å². The molecule has 0 radical (unpaired) electrons. The molecule has 0 fully saturated rings. The lowest BCUT2D eigenvalue weighted by molar-refractivity contribution is 0.623. The molecular weight excluding hydrogens is 200 g/mol. The van der Waals surface area contributed by atoms with Crippen molar-refractivity contribution in [1.82, 2.24) is 15.1 Å². The van der Waals surface area contributed by atoms with Gasteiger partial charge in [-0.2, -0.15) is 5.10 Å². The Hall–Kier alpha value is -1.81. The Morgan fingerprint density at radius 1 is 1.38 bits per heavy atom. The number of nitrogens with two attached hydrogens (primary N) is 1. The normalized spacial score (nSPS) is 14.8. The molecule has 3 rings (SSSR count). The number of nitrogens with zero attached hydrogens (tertiary/aromatic N) is 2. The third-order valence-corrected chi connectivity index (χ3v) is 2.92. The number of hydrogen-bond donors (Lipinski definition) is 2. The van der Waals surface area contributed by atoms with Crippen molar-refractivity contribution in [3.05, 3.63) is 41.7 Å². The molecule has 4 heteroatoms. The minimum atomic E-state index is 0.774. The van der Waals surface area contributed by atoms with Crippen molar-refractivity contribution < 1.29 is 0 Å². The SMILES string of the molecule is Nc1cccc(-n2ncc3c2CCNC3)c1. The highest BCUT2D eigenvalue weighted by atomic mass is 15.3. The second-order valence-corrected chi connectivity index (χ2v) is 4.05. The molecule has 2 aromatic rings. The number of benzene rings is 1. The van der Waals surface area contributed by atoms with Gasteiger partial charge < -0.3 is 11.1 Å². The van der Waals surface area contributed by atoms with Gasteiger partial charge in [-0.1, -0.05) is 6.07 Å². The third kappa shape index (κ3) is 1.47. The molecule has 0 saturated carbocycles. The van der Waals surface area contributed by atoms with Crippen LogP contribution in [-0.2, 0) is 13.0 Å². The molecule has 0 bridgehead atoms. The number of anilines is 1. The molecule has 0 aliphatic carbocycles. The zero-order valence-electron chi connectivity index (χ0n) is 8.98. The van der Waals surface area contributed by atoms with Gasteiger partial charge in [-0.15, -0.1) is 0 Å². The Morgan fingerprint density at radius 3 is 3.19 bits per heavy atom. The second-order valence-electron chi connectivity index (χ2n) is 4.05. The number of nitrogens with one attached hydrogen (secondary N) is 1. The average molecular weight is 214 g/mol. The fourth-order valence-electron chi connectivity index (χ4n) is 2.13. The van der Waals surface area contributed by atoms with Crippen LogP contribution in [-0.4, -0.2) is 16.3 Å². The summed E-state index contributed by atoms with van der Waals surface area (Å²) in [5.41, 5.74) is 10.2. The molecular formula is C12H14N4. The van der Waals surface area contributed by atoms with E-state index in [1.54, 1.807) is 0 Å². The van der Waals surface area contributed by atoms with Crippen molar-refractivity contribution in [2.45, 2.75) is 13.0 Å². The van der Waals surface area contributed by atoms with Crippen LogP contribution < -0.4 is 11.1 Å². The topological polar surface area (TPSA) is 55.9 Å². The Labute approximate surface area is 94.1 Å². The van der Waals surface area contributed by atoms with E-state index < -0.39 is 0 Å². The number of nitrogen functional groups attached to an aromatic ring is 1. The van der Waals surface area contributed by atoms with Gasteiger partial charge in [0, 0.05) is 36.5 Å². The van der Waals surface area contributed by atoms with E-state index in [0.29, 0.717) is 0 Å². The summed E-state index contributed by atoms with van der Waals surface area (Å²) in [4.78, 5) is 0. The molecule has 2 heterocycles. The standard InChI is InChI=1S/C12H14N4/c13-10-2-1-3-11(6-10)16-12-4-5-14-7-9(12)8-15-16/h1-3,6,8,14H,4-5,7,13H2. The Morgan fingerprint density at radius 2 is 2.31 bits per heavy atom. The molecule has 1 aliphatic rings. The van der Waals surface area contributed by atoms with Crippen molar-refractivity contribution in [2.75, 3.05) is 12.3 Å². The highest BCUT2D eigenvalue weighted by molar-refractivity contribution is 5.48. The van der Waals surface area contributed by atoms with Crippen molar-refractivity contribution in [2.24, 2.45) is 0 Å². The lowest BCUT2D eigenvalue weighted by atomic mass is 10.1. The molecule has 1 aromatic carbocycles. The zero-order valence-corrected chi connectivity index (χ0v) is 8.98. The molecule has 16 heavy (non-hydrogen) atoms. The molecule has 1 aromatic heterocycles. The summed E-state index contributed by atoms with van der Waals surface area (Å²) < 4.78 is 1.99. The van der Waals surface area contributed by atoms with Crippen LogP contribution in [0.3, 0.4) is 0 Å². The molecule has 0 saturated heterocycles. The minimum absolute atomic E-state index is 0.774. The maximum Gasteiger partial charge on any atom is 0.0669 e. The summed E-state index contributed by atoms with van der Waals surface area (Å²) in [5.74, 6) is 0. The summed E-state index contributed by atoms with van der Waals surface area (Å²) >= 11 is 0. The van der Waals surface area contributed by atoms with E-state index >= 15 is 0 Å². The van der Waals surface area contributed by atoms with Gasteiger partial charge >= 0.3 is 0 Å². The van der Waals surface area contributed by atoms with Gasteiger partial charge in [0.2, 0.25) is 0 Å². The van der Waals surface area contributed by atoms with Crippen molar-refractivity contribution in [3.8, 4) is 5.69 Å². The monoisotopic (exact) mass is 214 g/mol. The predicted molar refractivity (Wildman–Crippen MR) is 63.4 cm³/mol. The largest absolute Gasteiger partial charge is 0.399 e. The van der Waals surface area contributed by atoms with Crippen LogP contribution in [0.15, 0.2) is 30.5 Å². The van der Waals surface area contributed by atoms with Crippen molar-refractivity contribution in [3.63, 3.8) is 0 Å². The number of hydrogen-bond acceptors (Lipinski definition) is 3. The van der Waals surface area contributed by atoms with Crippen LogP contribution in [0.2, 0.25) is 0 Å². The average Bonchev–Trinajstić information content (AvgIpc) is 2.72. The van der Waals surface area contributed by atoms with Crippen molar-refractivity contribution in [1.29, 1.82) is 0 Å². The minimum Gasteiger partial charge on any atom is -0.399 e. The smallest absolute Gasteiger partial charge is 0.0669 e. The highest BCUT2D eigenvalue weighted by Crippen LogP contribution is 2.19. The van der Waals surface area contributed by atoms with E-state index in [2.05, 4.69) is 10.4 Å². The van der Waals surface area contributed by atoms with E-state index in [9.17, 15) is 0 Å². The fraction of sp³-hybridized carbons (Fsp3) is 0.250. The fourth-order valence-corrected chi connectivity index (χ4v) is 2.13. The molecule has 3 N–H and O–H groups in total. The summed E-state index contributed by atoms with van der Waals surface area (Å²) in [5, 5.41) is 7.77. The van der Waals surface area contributed by atoms with E-state index in [0.717, 1.165) is 30.9 Å². The van der Waals surface area contributed by atoms with Crippen LogP contribution in [0.25, 0.3) is 5.69 Å².